The van der Waals surface area contributed by atoms with Crippen LogP contribution in [0.25, 0.3) is 16.5 Å². The first-order valence-corrected chi connectivity index (χ1v) is 16.3. The van der Waals surface area contributed by atoms with Gasteiger partial charge in [0.25, 0.3) is 0 Å². The Morgan fingerprint density at radius 2 is 1.96 bits per heavy atom. The predicted octanol–water partition coefficient (Wildman–Crippen LogP) is 2.90. The van der Waals surface area contributed by atoms with E-state index in [1.165, 1.54) is 17.2 Å². The van der Waals surface area contributed by atoms with Crippen molar-refractivity contribution in [3.8, 4) is 6.01 Å². The maximum Gasteiger partial charge on any atom is 0.319 e. The van der Waals surface area contributed by atoms with Gasteiger partial charge in [0.2, 0.25) is 5.91 Å². The quantitative estimate of drug-likeness (QED) is 0.397. The normalized spacial score (nSPS) is 30.0. The molecule has 1 aromatic carbocycles. The van der Waals surface area contributed by atoms with Gasteiger partial charge in [-0.3, -0.25) is 14.7 Å². The van der Waals surface area contributed by atoms with Crippen LogP contribution in [-0.2, 0) is 11.3 Å². The summed E-state index contributed by atoms with van der Waals surface area (Å²) < 4.78 is 53.0. The van der Waals surface area contributed by atoms with Crippen molar-refractivity contribution in [3.05, 3.63) is 59.1 Å². The van der Waals surface area contributed by atoms with Crippen molar-refractivity contribution in [2.75, 3.05) is 44.2 Å². The molecule has 2 bridgehead atoms. The highest BCUT2D eigenvalue weighted by molar-refractivity contribution is 5.95. The summed E-state index contributed by atoms with van der Waals surface area (Å²) >= 11 is 0. The molecule has 9 rings (SSSR count). The first kappa shape index (κ1) is 28.4. The van der Waals surface area contributed by atoms with E-state index in [9.17, 15) is 9.18 Å². The van der Waals surface area contributed by atoms with Crippen molar-refractivity contribution in [2.24, 2.45) is 0 Å². The third-order valence-electron chi connectivity index (χ3n) is 10.6. The molecule has 2 unspecified atom stereocenters. The lowest BCUT2D eigenvalue weighted by atomic mass is 9.93. The molecule has 13 heteroatoms. The van der Waals surface area contributed by atoms with Gasteiger partial charge < -0.3 is 25.2 Å². The van der Waals surface area contributed by atoms with Crippen LogP contribution in [-0.4, -0.2) is 99.8 Å². The number of pyridine rings is 1. The average Bonchev–Trinajstić information content (AvgIpc) is 3.66. The summed E-state index contributed by atoms with van der Waals surface area (Å²) in [5, 5.41) is 7.06. The number of nitrogens with one attached hydrogen (secondary N) is 2. The van der Waals surface area contributed by atoms with Crippen LogP contribution < -0.4 is 20.3 Å². The second-order valence-corrected chi connectivity index (χ2v) is 13.7. The number of nitrogens with zero attached hydrogens (tertiary/aromatic N) is 6. The van der Waals surface area contributed by atoms with Crippen LogP contribution in [0, 0.1) is 11.6 Å². The van der Waals surface area contributed by atoms with Crippen LogP contribution in [0.4, 0.5) is 19.0 Å². The van der Waals surface area contributed by atoms with E-state index in [-0.39, 0.29) is 53.5 Å². The minimum atomic E-state index is -0.909. The number of hydrogen-bond donors (Lipinski definition) is 2. The van der Waals surface area contributed by atoms with Gasteiger partial charge in [-0.1, -0.05) is 12.1 Å². The maximum absolute atomic E-state index is 16.9. The fraction of sp³-hybridized carbons (Fsp3) is 0.515. The molecule has 2 aromatic heterocycles. The van der Waals surface area contributed by atoms with Crippen molar-refractivity contribution < 1.29 is 22.7 Å². The first-order valence-electron chi connectivity index (χ1n) is 16.3. The number of hydrogen-bond acceptors (Lipinski definition) is 9. The molecule has 1 amide bonds. The number of aromatic nitrogens is 3. The Kier molecular flexibility index (Phi) is 6.55. The van der Waals surface area contributed by atoms with Crippen molar-refractivity contribution >= 4 is 28.2 Å². The Balaban J connectivity index is 1.15. The first-order chi connectivity index (χ1) is 22.3. The lowest BCUT2D eigenvalue weighted by Crippen LogP contribution is -2.51. The maximum atomic E-state index is 16.9. The van der Waals surface area contributed by atoms with Crippen LogP contribution >= 0.6 is 0 Å². The second-order valence-electron chi connectivity index (χ2n) is 13.7. The van der Waals surface area contributed by atoms with Gasteiger partial charge in [0.15, 0.2) is 5.82 Å². The van der Waals surface area contributed by atoms with Crippen molar-refractivity contribution in [1.82, 2.24) is 35.4 Å². The second kappa shape index (κ2) is 10.6. The SMILES string of the molecule is O=C([C@H]1CN1)N1C=C(c2ncc3c(N4CC5CCC(C4)N5)nc(OC[C@@]45CCCN4C[C@H](F)C5)nc3c2F)c2c(F)cccc2C1. The Morgan fingerprint density at radius 1 is 1.13 bits per heavy atom. The third-order valence-corrected chi connectivity index (χ3v) is 10.6. The van der Waals surface area contributed by atoms with E-state index in [0.717, 1.165) is 32.2 Å². The van der Waals surface area contributed by atoms with Crippen LogP contribution in [0.2, 0.25) is 0 Å². The molecule has 8 heterocycles. The van der Waals surface area contributed by atoms with Crippen LogP contribution in [0.3, 0.4) is 0 Å². The molecule has 3 aromatic rings. The minimum absolute atomic E-state index is 0.0116. The number of carbonyl (C=O) groups is 1. The minimum Gasteiger partial charge on any atom is -0.461 e. The monoisotopic (exact) mass is 632 g/mol. The largest absolute Gasteiger partial charge is 0.461 e. The molecule has 0 spiro atoms. The zero-order chi connectivity index (χ0) is 31.2. The van der Waals surface area contributed by atoms with Gasteiger partial charge in [-0.05, 0) is 43.9 Å². The molecule has 0 aliphatic carbocycles. The summed E-state index contributed by atoms with van der Waals surface area (Å²) in [6, 6.07) is 4.96. The van der Waals surface area contributed by atoms with Gasteiger partial charge in [-0.15, -0.1) is 0 Å². The van der Waals surface area contributed by atoms with Gasteiger partial charge in [-0.25, -0.2) is 13.2 Å². The van der Waals surface area contributed by atoms with E-state index in [1.54, 1.807) is 18.3 Å². The molecule has 240 valence electrons. The lowest BCUT2D eigenvalue weighted by Gasteiger charge is -2.34. The number of rotatable bonds is 6. The molecule has 0 radical (unpaired) electrons. The van der Waals surface area contributed by atoms with E-state index in [2.05, 4.69) is 30.4 Å². The Morgan fingerprint density at radius 3 is 2.76 bits per heavy atom. The summed E-state index contributed by atoms with van der Waals surface area (Å²) in [6.07, 6.45) is 6.42. The highest BCUT2D eigenvalue weighted by Crippen LogP contribution is 2.41. The van der Waals surface area contributed by atoms with Gasteiger partial charge in [0.05, 0.1) is 23.5 Å². The number of piperazine rings is 1. The van der Waals surface area contributed by atoms with Gasteiger partial charge in [0, 0.05) is 68.2 Å². The average molecular weight is 633 g/mol. The Bertz CT molecular complexity index is 1770. The molecular weight excluding hydrogens is 597 g/mol. The summed E-state index contributed by atoms with van der Waals surface area (Å²) in [7, 11) is 0. The number of ether oxygens (including phenoxy) is 1. The topological polar surface area (TPSA) is 109 Å². The van der Waals surface area contributed by atoms with E-state index >= 15 is 8.78 Å². The molecule has 0 saturated carbocycles. The van der Waals surface area contributed by atoms with Crippen LogP contribution in [0.15, 0.2) is 30.6 Å². The van der Waals surface area contributed by atoms with E-state index < -0.39 is 23.3 Å². The third kappa shape index (κ3) is 4.65. The number of amides is 1. The van der Waals surface area contributed by atoms with E-state index in [1.807, 2.05) is 0 Å². The number of alkyl halides is 1. The van der Waals surface area contributed by atoms with E-state index in [4.69, 9.17) is 9.72 Å². The number of fused-ring (bicyclic) bond motifs is 5. The summed E-state index contributed by atoms with van der Waals surface area (Å²) in [6.45, 7) is 3.57. The molecule has 2 N–H and O–H groups in total. The van der Waals surface area contributed by atoms with Crippen LogP contribution in [0.1, 0.15) is 48.9 Å². The molecule has 5 saturated heterocycles. The smallest absolute Gasteiger partial charge is 0.319 e. The molecule has 5 fully saturated rings. The van der Waals surface area contributed by atoms with Crippen molar-refractivity contribution in [1.29, 1.82) is 0 Å². The fourth-order valence-corrected chi connectivity index (χ4v) is 8.34. The highest BCUT2D eigenvalue weighted by Gasteiger charge is 2.49. The molecule has 6 aliphatic rings. The fourth-order valence-electron chi connectivity index (χ4n) is 8.34. The number of carbonyl (C=O) groups excluding carboxylic acids is 1. The van der Waals surface area contributed by atoms with Gasteiger partial charge in [-0.2, -0.15) is 9.97 Å². The standard InChI is InChI=1S/C33H35F3N8O2/c34-19-9-33(7-2-8-44(33)13-19)17-46-32-40-29-22(30(41-32)42-14-20-5-6-21(15-42)39-20)10-38-28(27(29)36)23-16-43(31(45)25-11-37-25)12-18-3-1-4-24(35)26(18)23/h1,3-4,10,16,19-21,25,37,39H,2,5-9,11-15,17H2/t19-,20?,21?,25-,33+/m1/s1. The summed E-state index contributed by atoms with van der Waals surface area (Å²) in [5.74, 6) is -0.889. The molecule has 5 atom stereocenters. The van der Waals surface area contributed by atoms with Crippen molar-refractivity contribution in [3.63, 3.8) is 0 Å². The Hall–Kier alpha value is -3.81. The zero-order valence-corrected chi connectivity index (χ0v) is 25.3. The number of benzene rings is 1. The van der Waals surface area contributed by atoms with Crippen molar-refractivity contribution in [2.45, 2.75) is 68.5 Å². The number of halogens is 3. The molecule has 10 nitrogen and oxygen atoms in total. The lowest BCUT2D eigenvalue weighted by molar-refractivity contribution is -0.128. The Labute approximate surface area is 264 Å². The molecule has 46 heavy (non-hydrogen) atoms. The molecule has 6 aliphatic heterocycles. The van der Waals surface area contributed by atoms with Crippen LogP contribution in [0.5, 0.6) is 6.01 Å². The zero-order valence-electron chi connectivity index (χ0n) is 25.3. The van der Waals surface area contributed by atoms with Gasteiger partial charge in [0.1, 0.15) is 35.6 Å². The van der Waals surface area contributed by atoms with E-state index in [0.29, 0.717) is 61.5 Å². The summed E-state index contributed by atoms with van der Waals surface area (Å²) in [5.41, 5.74) is 0.447. The predicted molar refractivity (Wildman–Crippen MR) is 164 cm³/mol. The highest BCUT2D eigenvalue weighted by atomic mass is 19.1. The number of anilines is 1. The van der Waals surface area contributed by atoms with Gasteiger partial charge >= 0.3 is 6.01 Å². The molecular formula is C33H35F3N8O2. The summed E-state index contributed by atoms with van der Waals surface area (Å²) in [4.78, 5) is 32.8.